The van der Waals surface area contributed by atoms with Crippen LogP contribution in [0.5, 0.6) is 0 Å². The van der Waals surface area contributed by atoms with Crippen LogP contribution in [0.15, 0.2) is 48.5 Å². The maximum Gasteiger partial charge on any atom is 0.319 e. The molecule has 37 heavy (non-hydrogen) atoms. The fraction of sp³-hybridized carbons (Fsp3) is 0.548. The van der Waals surface area contributed by atoms with E-state index in [2.05, 4.69) is 49.0 Å². The van der Waals surface area contributed by atoms with Crippen LogP contribution in [0.2, 0.25) is 0 Å². The smallest absolute Gasteiger partial charge is 0.319 e. The number of unbranched alkanes of at least 4 members (excludes halogenated alkanes) is 2. The minimum absolute atomic E-state index is 0.152. The summed E-state index contributed by atoms with van der Waals surface area (Å²) in [4.78, 5) is 24.5. The van der Waals surface area contributed by atoms with Crippen LogP contribution >= 0.6 is 0 Å². The van der Waals surface area contributed by atoms with E-state index in [0.717, 1.165) is 54.6 Å². The number of anilines is 2. The van der Waals surface area contributed by atoms with Gasteiger partial charge < -0.3 is 21.3 Å². The van der Waals surface area contributed by atoms with Crippen LogP contribution in [0.25, 0.3) is 0 Å². The molecule has 0 fully saturated rings. The summed E-state index contributed by atoms with van der Waals surface area (Å²) in [6.45, 7) is 10.2. The molecule has 204 valence electrons. The maximum absolute atomic E-state index is 12.3. The second-order valence-electron chi connectivity index (χ2n) is 10.1. The lowest BCUT2D eigenvalue weighted by atomic mass is 9.99. The fourth-order valence-electron chi connectivity index (χ4n) is 4.36. The largest absolute Gasteiger partial charge is 0.338 e. The van der Waals surface area contributed by atoms with Crippen LogP contribution in [0.1, 0.15) is 90.2 Å². The zero-order chi connectivity index (χ0) is 26.9. The Hall–Kier alpha value is -3.02. The molecule has 2 aromatic rings. The van der Waals surface area contributed by atoms with Crippen molar-refractivity contribution in [1.82, 2.24) is 10.6 Å². The second-order valence-corrected chi connectivity index (χ2v) is 10.1. The number of rotatable bonds is 16. The summed E-state index contributed by atoms with van der Waals surface area (Å²) in [5, 5.41) is 11.9. The van der Waals surface area contributed by atoms with Gasteiger partial charge >= 0.3 is 12.1 Å². The Morgan fingerprint density at radius 3 is 1.32 bits per heavy atom. The zero-order valence-corrected chi connectivity index (χ0v) is 23.4. The standard InChI is InChI=1S/C31H48N4O2/c1-5-9-11-24(7-3)22-32-30(36)34-28-17-13-26(14-18-28)21-27-15-19-29(20-16-27)35-31(37)33-23-25(8-4)12-10-6-2/h13-20,24-25H,5-12,21-23H2,1-4H3,(H2,32,34,36)(H2,33,35,37). The number of hydrogen-bond donors (Lipinski definition) is 4. The topological polar surface area (TPSA) is 82.3 Å². The predicted molar refractivity (Wildman–Crippen MR) is 156 cm³/mol. The molecule has 2 unspecified atom stereocenters. The fourth-order valence-corrected chi connectivity index (χ4v) is 4.36. The van der Waals surface area contributed by atoms with E-state index < -0.39 is 0 Å². The molecule has 0 saturated carbocycles. The molecule has 0 radical (unpaired) electrons. The number of hydrogen-bond acceptors (Lipinski definition) is 2. The molecule has 0 aliphatic rings. The number of urea groups is 2. The van der Waals surface area contributed by atoms with Crippen LogP contribution in [0.4, 0.5) is 21.0 Å². The SMILES string of the molecule is CCCCC(CC)CNC(=O)Nc1ccc(Cc2ccc(NC(=O)NCC(CC)CCCC)cc2)cc1. The van der Waals surface area contributed by atoms with Gasteiger partial charge in [-0.3, -0.25) is 0 Å². The van der Waals surface area contributed by atoms with Crippen LogP contribution in [-0.4, -0.2) is 25.2 Å². The zero-order valence-electron chi connectivity index (χ0n) is 23.4. The summed E-state index contributed by atoms with van der Waals surface area (Å²) in [5.74, 6) is 1.07. The first-order chi connectivity index (χ1) is 18.0. The molecule has 0 aliphatic heterocycles. The number of carbonyl (C=O) groups excluding carboxylic acids is 2. The molecule has 0 aliphatic carbocycles. The van der Waals surface area contributed by atoms with Crippen molar-refractivity contribution in [2.75, 3.05) is 23.7 Å². The lowest BCUT2D eigenvalue weighted by molar-refractivity contribution is 0.248. The van der Waals surface area contributed by atoms with E-state index in [1.54, 1.807) is 0 Å². The highest BCUT2D eigenvalue weighted by atomic mass is 16.2. The Morgan fingerprint density at radius 1 is 0.622 bits per heavy atom. The first-order valence-electron chi connectivity index (χ1n) is 14.2. The third-order valence-corrected chi connectivity index (χ3v) is 7.02. The molecule has 0 aromatic heterocycles. The average molecular weight is 509 g/mol. The number of amides is 4. The van der Waals surface area contributed by atoms with Gasteiger partial charge in [0, 0.05) is 24.5 Å². The molecule has 6 heteroatoms. The third kappa shape index (κ3) is 12.2. The van der Waals surface area contributed by atoms with Crippen molar-refractivity contribution >= 4 is 23.4 Å². The van der Waals surface area contributed by atoms with Gasteiger partial charge in [0.25, 0.3) is 0 Å². The van der Waals surface area contributed by atoms with Gasteiger partial charge in [-0.1, -0.05) is 90.5 Å². The van der Waals surface area contributed by atoms with E-state index in [1.165, 1.54) is 25.7 Å². The molecule has 6 nitrogen and oxygen atoms in total. The van der Waals surface area contributed by atoms with Gasteiger partial charge in [-0.05, 0) is 66.5 Å². The summed E-state index contributed by atoms with van der Waals surface area (Å²) in [6.07, 6.45) is 10.0. The van der Waals surface area contributed by atoms with Crippen LogP contribution < -0.4 is 21.3 Å². The van der Waals surface area contributed by atoms with Crippen molar-refractivity contribution in [1.29, 1.82) is 0 Å². The van der Waals surface area contributed by atoms with E-state index in [9.17, 15) is 9.59 Å². The van der Waals surface area contributed by atoms with E-state index >= 15 is 0 Å². The van der Waals surface area contributed by atoms with Crippen molar-refractivity contribution in [3.05, 3.63) is 59.7 Å². The highest BCUT2D eigenvalue weighted by molar-refractivity contribution is 5.89. The molecule has 0 heterocycles. The van der Waals surface area contributed by atoms with Gasteiger partial charge in [0.05, 0.1) is 0 Å². The Bertz CT molecular complexity index is 836. The van der Waals surface area contributed by atoms with Crippen molar-refractivity contribution in [2.24, 2.45) is 11.8 Å². The van der Waals surface area contributed by atoms with Crippen molar-refractivity contribution in [3.63, 3.8) is 0 Å². The van der Waals surface area contributed by atoms with E-state index in [1.807, 2.05) is 48.5 Å². The normalized spacial score (nSPS) is 12.4. The molecule has 2 aromatic carbocycles. The molecule has 0 spiro atoms. The number of benzene rings is 2. The Kier molecular flexibility index (Phi) is 14.2. The lowest BCUT2D eigenvalue weighted by Gasteiger charge is -2.16. The van der Waals surface area contributed by atoms with Crippen LogP contribution in [0.3, 0.4) is 0 Å². The van der Waals surface area contributed by atoms with Crippen LogP contribution in [0, 0.1) is 11.8 Å². The molecule has 0 saturated heterocycles. The Labute approximate surface area is 224 Å². The maximum atomic E-state index is 12.3. The van der Waals surface area contributed by atoms with E-state index in [-0.39, 0.29) is 12.1 Å². The minimum atomic E-state index is -0.152. The summed E-state index contributed by atoms with van der Waals surface area (Å²) in [5.41, 5.74) is 3.89. The van der Waals surface area contributed by atoms with Gasteiger partial charge in [0.2, 0.25) is 0 Å². The Morgan fingerprint density at radius 2 is 1.00 bits per heavy atom. The molecule has 4 amide bonds. The molecule has 2 atom stereocenters. The average Bonchev–Trinajstić information content (AvgIpc) is 2.91. The van der Waals surface area contributed by atoms with E-state index in [0.29, 0.717) is 24.9 Å². The minimum Gasteiger partial charge on any atom is -0.338 e. The summed E-state index contributed by atoms with van der Waals surface area (Å²) in [6, 6.07) is 15.6. The lowest BCUT2D eigenvalue weighted by Crippen LogP contribution is -2.33. The highest BCUT2D eigenvalue weighted by Gasteiger charge is 2.10. The molecule has 4 N–H and O–H groups in total. The van der Waals surface area contributed by atoms with Gasteiger partial charge in [-0.2, -0.15) is 0 Å². The first-order valence-corrected chi connectivity index (χ1v) is 14.2. The summed E-state index contributed by atoms with van der Waals surface area (Å²) >= 11 is 0. The monoisotopic (exact) mass is 508 g/mol. The molecule has 0 bridgehead atoms. The van der Waals surface area contributed by atoms with Gasteiger partial charge in [0.1, 0.15) is 0 Å². The number of carbonyl (C=O) groups is 2. The van der Waals surface area contributed by atoms with Gasteiger partial charge in [-0.15, -0.1) is 0 Å². The first kappa shape index (κ1) is 30.2. The van der Waals surface area contributed by atoms with E-state index in [4.69, 9.17) is 0 Å². The Balaban J connectivity index is 1.76. The van der Waals surface area contributed by atoms with Crippen LogP contribution in [-0.2, 0) is 6.42 Å². The summed E-state index contributed by atoms with van der Waals surface area (Å²) < 4.78 is 0. The second kappa shape index (κ2) is 17.4. The quantitative estimate of drug-likeness (QED) is 0.185. The number of nitrogens with one attached hydrogen (secondary N) is 4. The molecular formula is C31H48N4O2. The summed E-state index contributed by atoms with van der Waals surface area (Å²) in [7, 11) is 0. The predicted octanol–water partition coefficient (Wildman–Crippen LogP) is 7.95. The van der Waals surface area contributed by atoms with Gasteiger partial charge in [-0.25, -0.2) is 9.59 Å². The van der Waals surface area contributed by atoms with Crippen molar-refractivity contribution in [2.45, 2.75) is 85.5 Å². The molecular weight excluding hydrogens is 460 g/mol. The highest BCUT2D eigenvalue weighted by Crippen LogP contribution is 2.17. The van der Waals surface area contributed by atoms with Crippen molar-refractivity contribution < 1.29 is 9.59 Å². The molecule has 2 rings (SSSR count). The van der Waals surface area contributed by atoms with Crippen molar-refractivity contribution in [3.8, 4) is 0 Å². The van der Waals surface area contributed by atoms with Gasteiger partial charge in [0.15, 0.2) is 0 Å². The third-order valence-electron chi connectivity index (χ3n) is 7.02.